The normalized spacial score (nSPS) is 13.8. The van der Waals surface area contributed by atoms with Gasteiger partial charge in [-0.2, -0.15) is 0 Å². The van der Waals surface area contributed by atoms with Gasteiger partial charge in [0.1, 0.15) is 0 Å². The van der Waals surface area contributed by atoms with E-state index in [0.29, 0.717) is 6.54 Å². The molecule has 0 heterocycles. The molecule has 1 rings (SSSR count). The van der Waals surface area contributed by atoms with Gasteiger partial charge in [-0.05, 0) is 25.0 Å². The molecule has 0 saturated carbocycles. The first-order chi connectivity index (χ1) is 8.34. The van der Waals surface area contributed by atoms with Crippen molar-refractivity contribution in [2.75, 3.05) is 26.4 Å². The Morgan fingerprint density at radius 2 is 1.89 bits per heavy atom. The summed E-state index contributed by atoms with van der Waals surface area (Å²) in [4.78, 5) is 0. The minimum atomic E-state index is -3.12. The molecule has 1 aromatic carbocycles. The Morgan fingerprint density at radius 3 is 2.44 bits per heavy atom. The summed E-state index contributed by atoms with van der Waals surface area (Å²) in [5.41, 5.74) is 2.42. The quantitative estimate of drug-likeness (QED) is 0.853. The Morgan fingerprint density at radius 1 is 1.28 bits per heavy atom. The van der Waals surface area contributed by atoms with Gasteiger partial charge in [0.25, 0.3) is 0 Å². The van der Waals surface area contributed by atoms with Crippen molar-refractivity contribution >= 4 is 10.0 Å². The minimum absolute atomic E-state index is 0.121. The summed E-state index contributed by atoms with van der Waals surface area (Å²) in [5.74, 6) is 0.121. The molecule has 0 amide bonds. The van der Waals surface area contributed by atoms with Gasteiger partial charge in [-0.15, -0.1) is 0 Å². The molecular weight excluding hydrogens is 248 g/mol. The van der Waals surface area contributed by atoms with Crippen molar-refractivity contribution in [1.29, 1.82) is 0 Å². The molecule has 5 heteroatoms. The van der Waals surface area contributed by atoms with E-state index in [1.807, 2.05) is 19.1 Å². The Labute approximate surface area is 110 Å². The molecule has 0 aliphatic heterocycles. The highest BCUT2D eigenvalue weighted by Crippen LogP contribution is 2.16. The lowest BCUT2D eigenvalue weighted by molar-refractivity contribution is 0.512. The van der Waals surface area contributed by atoms with Crippen molar-refractivity contribution in [3.8, 4) is 0 Å². The van der Waals surface area contributed by atoms with Crippen LogP contribution in [0.5, 0.6) is 0 Å². The predicted octanol–water partition coefficient (Wildman–Crippen LogP) is 1.54. The SMILES string of the molecule is Cc1ccccc1C(C)NCCS(=O)(=O)N(C)C. The van der Waals surface area contributed by atoms with Crippen molar-refractivity contribution < 1.29 is 8.42 Å². The van der Waals surface area contributed by atoms with Gasteiger partial charge < -0.3 is 5.32 Å². The third-order valence-corrected chi connectivity index (χ3v) is 4.85. The molecule has 102 valence electrons. The average molecular weight is 270 g/mol. The van der Waals surface area contributed by atoms with Crippen LogP contribution in [0.1, 0.15) is 24.1 Å². The Bertz CT molecular complexity index is 484. The Hall–Kier alpha value is -0.910. The first kappa shape index (κ1) is 15.1. The summed E-state index contributed by atoms with van der Waals surface area (Å²) in [6.07, 6.45) is 0. The van der Waals surface area contributed by atoms with Crippen LogP contribution in [-0.2, 0) is 10.0 Å². The van der Waals surface area contributed by atoms with Gasteiger partial charge in [0.2, 0.25) is 10.0 Å². The van der Waals surface area contributed by atoms with Gasteiger partial charge in [-0.25, -0.2) is 12.7 Å². The standard InChI is InChI=1S/C13H22N2O2S/c1-11-7-5-6-8-13(11)12(2)14-9-10-18(16,17)15(3)4/h5-8,12,14H,9-10H2,1-4H3. The zero-order valence-corrected chi connectivity index (χ0v) is 12.3. The molecule has 4 nitrogen and oxygen atoms in total. The number of benzene rings is 1. The largest absolute Gasteiger partial charge is 0.309 e. The van der Waals surface area contributed by atoms with E-state index in [9.17, 15) is 8.42 Å². The lowest BCUT2D eigenvalue weighted by Crippen LogP contribution is -2.32. The average Bonchev–Trinajstić information content (AvgIpc) is 2.29. The van der Waals surface area contributed by atoms with E-state index in [1.54, 1.807) is 14.1 Å². The number of nitrogens with zero attached hydrogens (tertiary/aromatic N) is 1. The van der Waals surface area contributed by atoms with Gasteiger partial charge in [0.15, 0.2) is 0 Å². The summed E-state index contributed by atoms with van der Waals surface area (Å²) in [6.45, 7) is 4.56. The zero-order valence-electron chi connectivity index (χ0n) is 11.5. The molecule has 0 radical (unpaired) electrons. The lowest BCUT2D eigenvalue weighted by atomic mass is 10.0. The monoisotopic (exact) mass is 270 g/mol. The van der Waals surface area contributed by atoms with E-state index in [4.69, 9.17) is 0 Å². The van der Waals surface area contributed by atoms with Crippen molar-refractivity contribution in [2.45, 2.75) is 19.9 Å². The first-order valence-electron chi connectivity index (χ1n) is 6.03. The zero-order chi connectivity index (χ0) is 13.8. The fourth-order valence-electron chi connectivity index (χ4n) is 1.77. The van der Waals surface area contributed by atoms with Gasteiger partial charge in [0, 0.05) is 26.7 Å². The summed E-state index contributed by atoms with van der Waals surface area (Å²) in [6, 6.07) is 8.28. The molecule has 0 aromatic heterocycles. The van der Waals surface area contributed by atoms with Crippen molar-refractivity contribution in [2.24, 2.45) is 0 Å². The number of hydrogen-bond donors (Lipinski definition) is 1. The smallest absolute Gasteiger partial charge is 0.214 e. The van der Waals surface area contributed by atoms with Crippen LogP contribution in [0, 0.1) is 6.92 Å². The van der Waals surface area contributed by atoms with Crippen molar-refractivity contribution in [3.05, 3.63) is 35.4 Å². The molecule has 1 atom stereocenters. The molecule has 1 aromatic rings. The molecule has 0 saturated heterocycles. The molecule has 0 aliphatic carbocycles. The second kappa shape index (κ2) is 6.31. The van der Waals surface area contributed by atoms with E-state index in [-0.39, 0.29) is 11.8 Å². The summed E-state index contributed by atoms with van der Waals surface area (Å²) >= 11 is 0. The molecular formula is C13H22N2O2S. The van der Waals surface area contributed by atoms with E-state index in [0.717, 1.165) is 0 Å². The van der Waals surface area contributed by atoms with E-state index < -0.39 is 10.0 Å². The van der Waals surface area contributed by atoms with E-state index in [2.05, 4.69) is 24.4 Å². The molecule has 0 aliphatic rings. The third kappa shape index (κ3) is 4.08. The van der Waals surface area contributed by atoms with Crippen LogP contribution in [-0.4, -0.2) is 39.1 Å². The predicted molar refractivity (Wildman–Crippen MR) is 75.1 cm³/mol. The van der Waals surface area contributed by atoms with Crippen LogP contribution < -0.4 is 5.32 Å². The molecule has 1 unspecified atom stereocenters. The third-order valence-electron chi connectivity index (χ3n) is 3.02. The number of rotatable bonds is 6. The summed E-state index contributed by atoms with van der Waals surface area (Å²) < 4.78 is 24.5. The molecule has 0 spiro atoms. The molecule has 0 fully saturated rings. The summed E-state index contributed by atoms with van der Waals surface area (Å²) in [7, 11) is -0.00402. The van der Waals surface area contributed by atoms with Gasteiger partial charge in [-0.3, -0.25) is 0 Å². The highest BCUT2D eigenvalue weighted by molar-refractivity contribution is 7.89. The van der Waals surface area contributed by atoms with Crippen LogP contribution in [0.25, 0.3) is 0 Å². The fourth-order valence-corrected chi connectivity index (χ4v) is 2.51. The maximum atomic E-state index is 11.6. The minimum Gasteiger partial charge on any atom is -0.309 e. The second-order valence-corrected chi connectivity index (χ2v) is 6.93. The van der Waals surface area contributed by atoms with Gasteiger partial charge >= 0.3 is 0 Å². The number of hydrogen-bond acceptors (Lipinski definition) is 3. The first-order valence-corrected chi connectivity index (χ1v) is 7.64. The molecule has 0 bridgehead atoms. The van der Waals surface area contributed by atoms with Crippen molar-refractivity contribution in [3.63, 3.8) is 0 Å². The van der Waals surface area contributed by atoms with Crippen molar-refractivity contribution in [1.82, 2.24) is 9.62 Å². The molecule has 18 heavy (non-hydrogen) atoms. The number of sulfonamides is 1. The second-order valence-electron chi connectivity index (χ2n) is 4.63. The number of aryl methyl sites for hydroxylation is 1. The topological polar surface area (TPSA) is 49.4 Å². The fraction of sp³-hybridized carbons (Fsp3) is 0.538. The van der Waals surface area contributed by atoms with Crippen LogP contribution in [0.2, 0.25) is 0 Å². The highest BCUT2D eigenvalue weighted by atomic mass is 32.2. The Kier molecular flexibility index (Phi) is 5.31. The maximum Gasteiger partial charge on any atom is 0.214 e. The number of nitrogens with one attached hydrogen (secondary N) is 1. The lowest BCUT2D eigenvalue weighted by Gasteiger charge is -2.17. The van der Waals surface area contributed by atoms with Crippen LogP contribution in [0.15, 0.2) is 24.3 Å². The van der Waals surface area contributed by atoms with E-state index in [1.165, 1.54) is 15.4 Å². The van der Waals surface area contributed by atoms with Crippen LogP contribution in [0.3, 0.4) is 0 Å². The van der Waals surface area contributed by atoms with Gasteiger partial charge in [-0.1, -0.05) is 24.3 Å². The summed E-state index contributed by atoms with van der Waals surface area (Å²) in [5, 5.41) is 3.24. The molecule has 1 N–H and O–H groups in total. The van der Waals surface area contributed by atoms with Crippen LogP contribution in [0.4, 0.5) is 0 Å². The Balaban J connectivity index is 2.53. The van der Waals surface area contributed by atoms with Gasteiger partial charge in [0.05, 0.1) is 5.75 Å². The van der Waals surface area contributed by atoms with Crippen LogP contribution >= 0.6 is 0 Å². The maximum absolute atomic E-state index is 11.6. The van der Waals surface area contributed by atoms with E-state index >= 15 is 0 Å². The highest BCUT2D eigenvalue weighted by Gasteiger charge is 2.14.